The lowest BCUT2D eigenvalue weighted by Crippen LogP contribution is -2.57. The fourth-order valence-electron chi connectivity index (χ4n) is 3.19. The maximum Gasteiger partial charge on any atom is 0.237 e. The number of rotatable bonds is 8. The minimum Gasteiger partial charge on any atom is -0.370 e. The first-order chi connectivity index (χ1) is 11.3. The molecule has 2 aliphatic rings. The van der Waals surface area contributed by atoms with Crippen LogP contribution in [0, 0.1) is 11.8 Å². The van der Waals surface area contributed by atoms with Crippen molar-refractivity contribution in [3.05, 3.63) is 11.1 Å². The molecule has 9 nitrogen and oxygen atoms in total. The summed E-state index contributed by atoms with van der Waals surface area (Å²) in [7, 11) is 1.72. The number of aldehydes is 1. The van der Waals surface area contributed by atoms with Gasteiger partial charge in [-0.2, -0.15) is 0 Å². The normalized spacial score (nSPS) is 29.3. The monoisotopic (exact) mass is 355 g/mol. The second-order valence-corrected chi connectivity index (χ2v) is 6.93. The Balaban J connectivity index is 2.27. The highest BCUT2D eigenvalue weighted by Crippen LogP contribution is 2.44. The zero-order chi connectivity index (χ0) is 17.9. The Morgan fingerprint density at radius 3 is 2.75 bits per heavy atom. The van der Waals surface area contributed by atoms with Crippen molar-refractivity contribution >= 4 is 35.8 Å². The number of amides is 3. The van der Waals surface area contributed by atoms with Gasteiger partial charge in [0, 0.05) is 31.0 Å². The zero-order valence-corrected chi connectivity index (χ0v) is 14.1. The van der Waals surface area contributed by atoms with Gasteiger partial charge in [-0.25, -0.2) is 0 Å². The minimum atomic E-state index is -0.763. The quantitative estimate of drug-likeness (QED) is 0.370. The van der Waals surface area contributed by atoms with E-state index in [1.54, 1.807) is 7.05 Å². The van der Waals surface area contributed by atoms with Gasteiger partial charge in [-0.05, 0) is 12.5 Å². The molecule has 0 radical (unpaired) electrons. The number of carbonyl (C=O) groups is 4. The smallest absolute Gasteiger partial charge is 0.237 e. The van der Waals surface area contributed by atoms with Crippen molar-refractivity contribution in [2.75, 3.05) is 20.1 Å². The van der Waals surface area contributed by atoms with Crippen molar-refractivity contribution in [2.45, 2.75) is 17.8 Å². The number of nitrogens with two attached hydrogens (primary N) is 2. The molecule has 0 aromatic carbocycles. The zero-order valence-electron chi connectivity index (χ0n) is 13.3. The molecule has 1 saturated heterocycles. The van der Waals surface area contributed by atoms with Gasteiger partial charge in [-0.3, -0.25) is 19.7 Å². The fourth-order valence-corrected chi connectivity index (χ4v) is 4.39. The standard InChI is InChI=1S/C14H21N5O4S/c1-17-14(18-8(2-3-20)7-24-14)10-5-19(6-12(16)22)13(23)9(10)4-11(15)21/h3,7,9-10,17-18H,2,4-6H2,1H3,(H2,15,21)(H2,16,22). The van der Waals surface area contributed by atoms with Gasteiger partial charge in [-0.1, -0.05) is 11.8 Å². The van der Waals surface area contributed by atoms with Crippen LogP contribution in [0.25, 0.3) is 0 Å². The fraction of sp³-hybridized carbons (Fsp3) is 0.571. The van der Waals surface area contributed by atoms with Crippen molar-refractivity contribution in [1.29, 1.82) is 0 Å². The molecule has 24 heavy (non-hydrogen) atoms. The molecule has 0 bridgehead atoms. The molecule has 2 aliphatic heterocycles. The Bertz CT molecular complexity index is 596. The van der Waals surface area contributed by atoms with E-state index in [0.717, 1.165) is 12.0 Å². The van der Waals surface area contributed by atoms with E-state index in [2.05, 4.69) is 10.6 Å². The molecule has 10 heteroatoms. The Labute approximate surface area is 143 Å². The number of carbonyl (C=O) groups excluding carboxylic acids is 4. The molecule has 0 saturated carbocycles. The average Bonchev–Trinajstić information content (AvgIpc) is 3.04. The summed E-state index contributed by atoms with van der Waals surface area (Å²) in [6.45, 7) is 0.0481. The predicted octanol–water partition coefficient (Wildman–Crippen LogP) is -1.94. The van der Waals surface area contributed by atoms with Crippen LogP contribution < -0.4 is 22.1 Å². The van der Waals surface area contributed by atoms with Crippen LogP contribution in [0.2, 0.25) is 0 Å². The largest absolute Gasteiger partial charge is 0.370 e. The van der Waals surface area contributed by atoms with E-state index in [1.807, 2.05) is 5.41 Å². The van der Waals surface area contributed by atoms with E-state index in [0.29, 0.717) is 0 Å². The van der Waals surface area contributed by atoms with E-state index in [-0.39, 0.29) is 37.8 Å². The number of nitrogens with zero attached hydrogens (tertiary/aromatic N) is 1. The first kappa shape index (κ1) is 18.3. The molecule has 0 aliphatic carbocycles. The van der Waals surface area contributed by atoms with Gasteiger partial charge in [0.1, 0.15) is 11.3 Å². The molecule has 2 heterocycles. The summed E-state index contributed by atoms with van der Waals surface area (Å²) < 4.78 is 0. The molecule has 3 unspecified atom stereocenters. The SMILES string of the molecule is CNC1(C2CN(CC(N)=O)C(=O)C2CC(N)=O)NC(CC=O)=CS1. The number of likely N-dealkylation sites (tertiary alicyclic amines) is 1. The number of hydrogen-bond acceptors (Lipinski definition) is 7. The van der Waals surface area contributed by atoms with Gasteiger partial charge in [-0.15, -0.1) is 0 Å². The molecule has 0 spiro atoms. The predicted molar refractivity (Wildman–Crippen MR) is 87.8 cm³/mol. The Morgan fingerprint density at radius 2 is 2.21 bits per heavy atom. The number of thioether (sulfide) groups is 1. The first-order valence-corrected chi connectivity index (χ1v) is 8.34. The Morgan fingerprint density at radius 1 is 1.50 bits per heavy atom. The molecule has 1 fully saturated rings. The molecule has 0 aromatic heterocycles. The lowest BCUT2D eigenvalue weighted by Gasteiger charge is -2.37. The molecule has 2 rings (SSSR count). The van der Waals surface area contributed by atoms with Crippen molar-refractivity contribution in [1.82, 2.24) is 15.5 Å². The lowest BCUT2D eigenvalue weighted by molar-refractivity contribution is -0.136. The van der Waals surface area contributed by atoms with Crippen LogP contribution in [-0.4, -0.2) is 54.0 Å². The van der Waals surface area contributed by atoms with Crippen molar-refractivity contribution in [3.63, 3.8) is 0 Å². The van der Waals surface area contributed by atoms with Gasteiger partial charge < -0.3 is 26.5 Å². The summed E-state index contributed by atoms with van der Waals surface area (Å²) in [4.78, 5) is 46.5. The van der Waals surface area contributed by atoms with Gasteiger partial charge >= 0.3 is 0 Å². The second-order valence-electron chi connectivity index (χ2n) is 5.81. The van der Waals surface area contributed by atoms with E-state index in [4.69, 9.17) is 11.5 Å². The summed E-state index contributed by atoms with van der Waals surface area (Å²) >= 11 is 1.40. The lowest BCUT2D eigenvalue weighted by atomic mass is 9.88. The van der Waals surface area contributed by atoms with Gasteiger partial charge in [0.2, 0.25) is 17.7 Å². The third-order valence-electron chi connectivity index (χ3n) is 4.23. The van der Waals surface area contributed by atoms with Crippen LogP contribution in [0.1, 0.15) is 12.8 Å². The van der Waals surface area contributed by atoms with E-state index >= 15 is 0 Å². The van der Waals surface area contributed by atoms with E-state index < -0.39 is 22.7 Å². The first-order valence-electron chi connectivity index (χ1n) is 7.46. The number of primary amides is 2. The molecule has 3 amide bonds. The summed E-state index contributed by atoms with van der Waals surface area (Å²) in [5, 5.41) is 8.18. The van der Waals surface area contributed by atoms with Gasteiger partial charge in [0.05, 0.1) is 12.5 Å². The molecular formula is C14H21N5O4S. The maximum absolute atomic E-state index is 12.6. The van der Waals surface area contributed by atoms with Crippen LogP contribution in [0.4, 0.5) is 0 Å². The topological polar surface area (TPSA) is 148 Å². The minimum absolute atomic E-state index is 0.118. The Hall–Kier alpha value is -2.07. The second kappa shape index (κ2) is 7.22. The summed E-state index contributed by atoms with van der Waals surface area (Å²) in [5.41, 5.74) is 11.2. The van der Waals surface area contributed by atoms with E-state index in [9.17, 15) is 19.2 Å². The van der Waals surface area contributed by atoms with Crippen molar-refractivity contribution < 1.29 is 19.2 Å². The van der Waals surface area contributed by atoms with Gasteiger partial charge in [0.25, 0.3) is 0 Å². The molecule has 3 atom stereocenters. The van der Waals surface area contributed by atoms with Crippen molar-refractivity contribution in [2.24, 2.45) is 23.3 Å². The molecule has 0 aromatic rings. The summed E-state index contributed by atoms with van der Waals surface area (Å²) in [6.07, 6.45) is 0.890. The van der Waals surface area contributed by atoms with Crippen LogP contribution in [0.3, 0.4) is 0 Å². The highest BCUT2D eigenvalue weighted by Gasteiger charge is 2.53. The third-order valence-corrected chi connectivity index (χ3v) is 5.61. The van der Waals surface area contributed by atoms with Crippen LogP contribution in [0.5, 0.6) is 0 Å². The van der Waals surface area contributed by atoms with Gasteiger partial charge in [0.15, 0.2) is 0 Å². The summed E-state index contributed by atoms with van der Waals surface area (Å²) in [6, 6.07) is 0. The molecule has 132 valence electrons. The highest BCUT2D eigenvalue weighted by atomic mass is 32.2. The van der Waals surface area contributed by atoms with Crippen LogP contribution in [0.15, 0.2) is 11.1 Å². The molecular weight excluding hydrogens is 334 g/mol. The van der Waals surface area contributed by atoms with Crippen molar-refractivity contribution in [3.8, 4) is 0 Å². The van der Waals surface area contributed by atoms with Crippen LogP contribution >= 0.6 is 11.8 Å². The van der Waals surface area contributed by atoms with E-state index in [1.165, 1.54) is 16.7 Å². The number of allylic oxidation sites excluding steroid dienone is 1. The van der Waals surface area contributed by atoms with Crippen LogP contribution in [-0.2, 0) is 19.2 Å². The third kappa shape index (κ3) is 3.54. The Kier molecular flexibility index (Phi) is 5.50. The summed E-state index contributed by atoms with van der Waals surface area (Å²) in [5.74, 6) is -2.54. The highest BCUT2D eigenvalue weighted by molar-refractivity contribution is 8.03. The maximum atomic E-state index is 12.6. The molecule has 6 N–H and O–H groups in total. The number of hydrogen-bond donors (Lipinski definition) is 4. The average molecular weight is 355 g/mol. The number of nitrogens with one attached hydrogen (secondary N) is 2.